The molecule has 1 heterocycles. The zero-order chi connectivity index (χ0) is 20.1. The van der Waals surface area contributed by atoms with Gasteiger partial charge in [-0.05, 0) is 56.2 Å². The lowest BCUT2D eigenvalue weighted by Gasteiger charge is -2.11. The van der Waals surface area contributed by atoms with Gasteiger partial charge in [-0.25, -0.2) is 4.79 Å². The van der Waals surface area contributed by atoms with Crippen LogP contribution in [0.3, 0.4) is 0 Å². The van der Waals surface area contributed by atoms with Gasteiger partial charge in [-0.1, -0.05) is 42.0 Å². The van der Waals surface area contributed by atoms with Gasteiger partial charge in [-0.3, -0.25) is 4.79 Å². The third-order valence-corrected chi connectivity index (χ3v) is 4.28. The molecule has 1 aromatic heterocycles. The minimum Gasteiger partial charge on any atom is -0.489 e. The quantitative estimate of drug-likeness (QED) is 0.253. The molecular weight excluding hydrogens is 352 g/mol. The maximum atomic E-state index is 13.0. The van der Waals surface area contributed by atoms with E-state index in [4.69, 9.17) is 9.15 Å². The maximum Gasteiger partial charge on any atom is 0.336 e. The first-order chi connectivity index (χ1) is 13.5. The molecule has 0 radical (unpaired) electrons. The number of rotatable bonds is 6. The highest BCUT2D eigenvalue weighted by molar-refractivity contribution is 6.15. The molecule has 3 aromatic rings. The predicted octanol–water partition coefficient (Wildman–Crippen LogP) is 5.34. The SMILES string of the molecule is CC(C)=CCOc1ccc2c(C)cc(=O)oc2c1C(=O)C=Cc1ccccc1. The Hall–Kier alpha value is -3.40. The van der Waals surface area contributed by atoms with Gasteiger partial charge in [0.1, 0.15) is 17.9 Å². The van der Waals surface area contributed by atoms with Crippen molar-refractivity contribution in [3.63, 3.8) is 0 Å². The van der Waals surface area contributed by atoms with Crippen LogP contribution in [-0.4, -0.2) is 12.4 Å². The molecule has 0 aliphatic rings. The number of allylic oxidation sites excluding steroid dienone is 2. The van der Waals surface area contributed by atoms with Crippen LogP contribution in [0.25, 0.3) is 17.0 Å². The third-order valence-electron chi connectivity index (χ3n) is 4.28. The molecule has 0 aliphatic carbocycles. The third kappa shape index (κ3) is 4.46. The largest absolute Gasteiger partial charge is 0.489 e. The second-order valence-electron chi connectivity index (χ2n) is 6.76. The van der Waals surface area contributed by atoms with E-state index >= 15 is 0 Å². The Morgan fingerprint density at radius 1 is 1.11 bits per heavy atom. The van der Waals surface area contributed by atoms with E-state index < -0.39 is 5.63 Å². The lowest BCUT2D eigenvalue weighted by molar-refractivity contribution is 0.104. The average Bonchev–Trinajstić information content (AvgIpc) is 2.66. The summed E-state index contributed by atoms with van der Waals surface area (Å²) in [4.78, 5) is 25.0. The van der Waals surface area contributed by atoms with E-state index in [0.29, 0.717) is 17.7 Å². The molecule has 28 heavy (non-hydrogen) atoms. The summed E-state index contributed by atoms with van der Waals surface area (Å²) >= 11 is 0. The second kappa shape index (κ2) is 8.53. The fourth-order valence-electron chi connectivity index (χ4n) is 2.84. The normalized spacial score (nSPS) is 11.0. The van der Waals surface area contributed by atoms with Crippen LogP contribution in [0.2, 0.25) is 0 Å². The highest BCUT2D eigenvalue weighted by Crippen LogP contribution is 2.30. The van der Waals surface area contributed by atoms with Gasteiger partial charge in [0.2, 0.25) is 0 Å². The van der Waals surface area contributed by atoms with Crippen molar-refractivity contribution in [3.8, 4) is 5.75 Å². The minimum atomic E-state index is -0.493. The molecule has 4 heteroatoms. The van der Waals surface area contributed by atoms with E-state index in [1.807, 2.05) is 63.2 Å². The first-order valence-corrected chi connectivity index (χ1v) is 9.07. The topological polar surface area (TPSA) is 56.5 Å². The molecule has 4 nitrogen and oxygen atoms in total. The van der Waals surface area contributed by atoms with Crippen molar-refractivity contribution in [1.29, 1.82) is 0 Å². The van der Waals surface area contributed by atoms with E-state index in [1.165, 1.54) is 12.1 Å². The average molecular weight is 374 g/mol. The fraction of sp³-hybridized carbons (Fsp3) is 0.167. The summed E-state index contributed by atoms with van der Waals surface area (Å²) in [6.45, 7) is 6.09. The van der Waals surface area contributed by atoms with Crippen LogP contribution < -0.4 is 10.4 Å². The Kier molecular flexibility index (Phi) is 5.90. The molecule has 0 saturated heterocycles. The van der Waals surface area contributed by atoms with Gasteiger partial charge in [-0.2, -0.15) is 0 Å². The number of hydrogen-bond donors (Lipinski definition) is 0. The van der Waals surface area contributed by atoms with E-state index in [2.05, 4.69) is 0 Å². The molecule has 0 amide bonds. The number of aryl methyl sites for hydroxylation is 1. The molecule has 0 unspecified atom stereocenters. The highest BCUT2D eigenvalue weighted by Gasteiger charge is 2.18. The number of carbonyl (C=O) groups is 1. The summed E-state index contributed by atoms with van der Waals surface area (Å²) in [5.41, 5.74) is 2.78. The summed E-state index contributed by atoms with van der Waals surface area (Å²) in [6.07, 6.45) is 5.12. The molecule has 0 bridgehead atoms. The zero-order valence-electron chi connectivity index (χ0n) is 16.2. The van der Waals surface area contributed by atoms with Crippen molar-refractivity contribution in [3.05, 3.63) is 93.4 Å². The Morgan fingerprint density at radius 2 is 1.86 bits per heavy atom. The van der Waals surface area contributed by atoms with Crippen molar-refractivity contribution < 1.29 is 13.9 Å². The molecule has 142 valence electrons. The first kappa shape index (κ1) is 19.4. The van der Waals surface area contributed by atoms with Gasteiger partial charge < -0.3 is 9.15 Å². The number of fused-ring (bicyclic) bond motifs is 1. The molecule has 2 aromatic carbocycles. The van der Waals surface area contributed by atoms with Gasteiger partial charge in [0.15, 0.2) is 11.4 Å². The van der Waals surface area contributed by atoms with Crippen molar-refractivity contribution in [2.75, 3.05) is 6.61 Å². The molecule has 0 spiro atoms. The van der Waals surface area contributed by atoms with Gasteiger partial charge in [0, 0.05) is 11.5 Å². The lowest BCUT2D eigenvalue weighted by atomic mass is 10.0. The fourth-order valence-corrected chi connectivity index (χ4v) is 2.84. The van der Waals surface area contributed by atoms with Crippen LogP contribution in [0, 0.1) is 6.92 Å². The van der Waals surface area contributed by atoms with Crippen molar-refractivity contribution in [1.82, 2.24) is 0 Å². The predicted molar refractivity (Wildman–Crippen MR) is 112 cm³/mol. The summed E-state index contributed by atoms with van der Waals surface area (Å²) in [7, 11) is 0. The summed E-state index contributed by atoms with van der Waals surface area (Å²) in [6, 6.07) is 14.5. The van der Waals surface area contributed by atoms with Gasteiger partial charge in [0.25, 0.3) is 0 Å². The Balaban J connectivity index is 2.10. The maximum absolute atomic E-state index is 13.0. The highest BCUT2D eigenvalue weighted by atomic mass is 16.5. The van der Waals surface area contributed by atoms with Crippen LogP contribution in [0.15, 0.2) is 75.5 Å². The van der Waals surface area contributed by atoms with Crippen LogP contribution in [0.1, 0.15) is 35.3 Å². The summed E-state index contributed by atoms with van der Waals surface area (Å²) in [5.74, 6) is 0.108. The Morgan fingerprint density at radius 3 is 2.57 bits per heavy atom. The van der Waals surface area contributed by atoms with Crippen LogP contribution in [-0.2, 0) is 0 Å². The standard InChI is InChI=1S/C24H22O4/c1-16(2)13-14-27-21-12-10-19-17(3)15-22(26)28-24(19)23(21)20(25)11-9-18-7-5-4-6-8-18/h4-13,15H,14H2,1-3H3. The number of ether oxygens (including phenoxy) is 1. The number of ketones is 1. The number of carbonyl (C=O) groups excluding carboxylic acids is 1. The lowest BCUT2D eigenvalue weighted by Crippen LogP contribution is -2.07. The monoisotopic (exact) mass is 374 g/mol. The van der Waals surface area contributed by atoms with Crippen molar-refractivity contribution in [2.24, 2.45) is 0 Å². The number of hydrogen-bond acceptors (Lipinski definition) is 4. The molecule has 0 saturated carbocycles. The van der Waals surface area contributed by atoms with E-state index in [9.17, 15) is 9.59 Å². The van der Waals surface area contributed by atoms with E-state index in [0.717, 1.165) is 16.7 Å². The van der Waals surface area contributed by atoms with Gasteiger partial charge in [-0.15, -0.1) is 0 Å². The van der Waals surface area contributed by atoms with Crippen molar-refractivity contribution >= 4 is 22.8 Å². The summed E-state index contributed by atoms with van der Waals surface area (Å²) < 4.78 is 11.2. The van der Waals surface area contributed by atoms with E-state index in [1.54, 1.807) is 12.1 Å². The first-order valence-electron chi connectivity index (χ1n) is 9.07. The second-order valence-corrected chi connectivity index (χ2v) is 6.76. The van der Waals surface area contributed by atoms with Gasteiger partial charge >= 0.3 is 5.63 Å². The summed E-state index contributed by atoms with van der Waals surface area (Å²) in [5, 5.41) is 0.714. The zero-order valence-corrected chi connectivity index (χ0v) is 16.2. The van der Waals surface area contributed by atoms with Crippen molar-refractivity contribution in [2.45, 2.75) is 20.8 Å². The molecule has 0 aliphatic heterocycles. The van der Waals surface area contributed by atoms with E-state index in [-0.39, 0.29) is 16.9 Å². The smallest absolute Gasteiger partial charge is 0.336 e. The minimum absolute atomic E-state index is 0.252. The molecule has 3 rings (SSSR count). The van der Waals surface area contributed by atoms with Crippen LogP contribution in [0.5, 0.6) is 5.75 Å². The Bertz CT molecular complexity index is 1110. The Labute approximate surface area is 163 Å². The molecule has 0 atom stereocenters. The molecule has 0 N–H and O–H groups in total. The number of benzene rings is 2. The van der Waals surface area contributed by atoms with Crippen LogP contribution in [0.4, 0.5) is 0 Å². The van der Waals surface area contributed by atoms with Gasteiger partial charge in [0.05, 0.1) is 0 Å². The van der Waals surface area contributed by atoms with Crippen LogP contribution >= 0.6 is 0 Å². The molecular formula is C24H22O4. The molecule has 0 fully saturated rings.